The maximum atomic E-state index is 12.5. The van der Waals surface area contributed by atoms with E-state index < -0.39 is 4.92 Å². The summed E-state index contributed by atoms with van der Waals surface area (Å²) in [5.41, 5.74) is 0.308. The number of benzene rings is 3. The molecule has 7 heteroatoms. The van der Waals surface area contributed by atoms with Gasteiger partial charge in [-0.15, -0.1) is 11.8 Å². The molecule has 0 aliphatic carbocycles. The average molecular weight is 382 g/mol. The van der Waals surface area contributed by atoms with Gasteiger partial charge in [-0.3, -0.25) is 14.9 Å². The SMILES string of the molecule is COc1cc([N+](=O)[O-])ccc1NC(=O)[C@@H](C)Sc1ccc2ccccc2c1. The highest BCUT2D eigenvalue weighted by Gasteiger charge is 2.18. The van der Waals surface area contributed by atoms with E-state index in [0.29, 0.717) is 5.69 Å². The topological polar surface area (TPSA) is 81.5 Å². The fraction of sp³-hybridized carbons (Fsp3) is 0.150. The zero-order valence-electron chi connectivity index (χ0n) is 14.8. The maximum absolute atomic E-state index is 12.5. The molecule has 3 aromatic carbocycles. The van der Waals surface area contributed by atoms with Crippen molar-refractivity contribution in [2.24, 2.45) is 0 Å². The van der Waals surface area contributed by atoms with Crippen LogP contribution in [0.25, 0.3) is 10.8 Å². The first-order chi connectivity index (χ1) is 13.0. The van der Waals surface area contributed by atoms with Gasteiger partial charge in [0.05, 0.1) is 29.0 Å². The summed E-state index contributed by atoms with van der Waals surface area (Å²) in [6.45, 7) is 1.81. The first-order valence-corrected chi connectivity index (χ1v) is 9.14. The number of nitro benzene ring substituents is 1. The second-order valence-electron chi connectivity index (χ2n) is 5.90. The number of nitro groups is 1. The normalized spacial score (nSPS) is 11.8. The number of hydrogen-bond acceptors (Lipinski definition) is 5. The molecule has 0 aliphatic heterocycles. The lowest BCUT2D eigenvalue weighted by Crippen LogP contribution is -2.22. The number of anilines is 1. The van der Waals surface area contributed by atoms with Crippen LogP contribution in [0, 0.1) is 10.1 Å². The number of non-ortho nitro benzene ring substituents is 1. The summed E-state index contributed by atoms with van der Waals surface area (Å²) in [4.78, 5) is 23.9. The van der Waals surface area contributed by atoms with Gasteiger partial charge in [-0.25, -0.2) is 0 Å². The van der Waals surface area contributed by atoms with Crippen LogP contribution in [0.15, 0.2) is 65.6 Å². The van der Waals surface area contributed by atoms with Gasteiger partial charge in [-0.05, 0) is 35.9 Å². The Morgan fingerprint density at radius 3 is 2.56 bits per heavy atom. The number of rotatable bonds is 6. The van der Waals surface area contributed by atoms with E-state index in [1.165, 1.54) is 37.1 Å². The molecule has 0 saturated heterocycles. The Labute approximate surface area is 160 Å². The molecule has 0 aromatic heterocycles. The summed E-state index contributed by atoms with van der Waals surface area (Å²) < 4.78 is 5.16. The van der Waals surface area contributed by atoms with Crippen LogP contribution in [0.1, 0.15) is 6.92 Å². The molecule has 1 N–H and O–H groups in total. The van der Waals surface area contributed by atoms with Crippen LogP contribution in [0.5, 0.6) is 5.75 Å². The van der Waals surface area contributed by atoms with Crippen LogP contribution in [-0.2, 0) is 4.79 Å². The molecule has 3 rings (SSSR count). The molecule has 0 spiro atoms. The Hall–Kier alpha value is -3.06. The Kier molecular flexibility index (Phi) is 5.61. The Bertz CT molecular complexity index is 1010. The number of methoxy groups -OCH3 is 1. The van der Waals surface area contributed by atoms with Gasteiger partial charge in [0.25, 0.3) is 5.69 Å². The number of fused-ring (bicyclic) bond motifs is 1. The number of amides is 1. The molecule has 1 atom stereocenters. The van der Waals surface area contributed by atoms with Crippen molar-refractivity contribution in [2.45, 2.75) is 17.1 Å². The van der Waals surface area contributed by atoms with E-state index in [1.54, 1.807) is 0 Å². The zero-order chi connectivity index (χ0) is 19.4. The number of thioether (sulfide) groups is 1. The summed E-state index contributed by atoms with van der Waals surface area (Å²) in [7, 11) is 1.40. The molecule has 0 unspecified atom stereocenters. The minimum Gasteiger partial charge on any atom is -0.494 e. The van der Waals surface area contributed by atoms with Crippen molar-refractivity contribution in [3.05, 3.63) is 70.8 Å². The van der Waals surface area contributed by atoms with E-state index >= 15 is 0 Å². The van der Waals surface area contributed by atoms with Gasteiger partial charge in [0.2, 0.25) is 5.91 Å². The van der Waals surface area contributed by atoms with Gasteiger partial charge in [0.1, 0.15) is 5.75 Å². The first-order valence-electron chi connectivity index (χ1n) is 8.26. The van der Waals surface area contributed by atoms with Crippen molar-refractivity contribution in [3.8, 4) is 5.75 Å². The summed E-state index contributed by atoms with van der Waals surface area (Å²) in [5.74, 6) is 0.0424. The number of carbonyl (C=O) groups is 1. The molecule has 0 radical (unpaired) electrons. The smallest absolute Gasteiger partial charge is 0.273 e. The second kappa shape index (κ2) is 8.09. The first kappa shape index (κ1) is 18.7. The second-order valence-corrected chi connectivity index (χ2v) is 7.31. The van der Waals surface area contributed by atoms with Crippen molar-refractivity contribution < 1.29 is 14.5 Å². The third kappa shape index (κ3) is 4.38. The molecule has 0 fully saturated rings. The van der Waals surface area contributed by atoms with Crippen molar-refractivity contribution in [3.63, 3.8) is 0 Å². The third-order valence-corrected chi connectivity index (χ3v) is 5.15. The number of nitrogens with zero attached hydrogens (tertiary/aromatic N) is 1. The van der Waals surface area contributed by atoms with Gasteiger partial charge >= 0.3 is 0 Å². The average Bonchev–Trinajstić information content (AvgIpc) is 2.67. The van der Waals surface area contributed by atoms with E-state index in [4.69, 9.17) is 4.74 Å². The van der Waals surface area contributed by atoms with Gasteiger partial charge in [-0.1, -0.05) is 30.3 Å². The highest BCUT2D eigenvalue weighted by Crippen LogP contribution is 2.31. The molecule has 138 valence electrons. The summed E-state index contributed by atoms with van der Waals surface area (Å²) in [6.07, 6.45) is 0. The highest BCUT2D eigenvalue weighted by atomic mass is 32.2. The predicted octanol–water partition coefficient (Wildman–Crippen LogP) is 4.88. The molecule has 0 bridgehead atoms. The van der Waals surface area contributed by atoms with Crippen LogP contribution in [0.3, 0.4) is 0 Å². The van der Waals surface area contributed by atoms with Gasteiger partial charge < -0.3 is 10.1 Å². The largest absolute Gasteiger partial charge is 0.494 e. The summed E-state index contributed by atoms with van der Waals surface area (Å²) >= 11 is 1.45. The molecule has 0 aliphatic rings. The highest BCUT2D eigenvalue weighted by molar-refractivity contribution is 8.00. The Balaban J connectivity index is 1.72. The molecular weight excluding hydrogens is 364 g/mol. The van der Waals surface area contributed by atoms with E-state index in [-0.39, 0.29) is 22.6 Å². The number of hydrogen-bond donors (Lipinski definition) is 1. The molecule has 1 amide bonds. The molecule has 0 heterocycles. The third-order valence-electron chi connectivity index (χ3n) is 4.06. The van der Waals surface area contributed by atoms with Crippen LogP contribution < -0.4 is 10.1 Å². The number of carbonyl (C=O) groups excluding carboxylic acids is 1. The van der Waals surface area contributed by atoms with E-state index in [9.17, 15) is 14.9 Å². The zero-order valence-corrected chi connectivity index (χ0v) is 15.7. The standard InChI is InChI=1S/C20H18N2O4S/c1-13(27-17-9-7-14-5-3-4-6-15(14)11-17)20(23)21-18-10-8-16(22(24)25)12-19(18)26-2/h3-13H,1-2H3,(H,21,23)/t13-/m1/s1. The van der Waals surface area contributed by atoms with Crippen LogP contribution in [0.4, 0.5) is 11.4 Å². The molecular formula is C20H18N2O4S. The Morgan fingerprint density at radius 2 is 1.85 bits per heavy atom. The lowest BCUT2D eigenvalue weighted by Gasteiger charge is -2.14. The van der Waals surface area contributed by atoms with Crippen molar-refractivity contribution in [2.75, 3.05) is 12.4 Å². The van der Waals surface area contributed by atoms with Gasteiger partial charge in [0.15, 0.2) is 0 Å². The molecule has 6 nitrogen and oxygen atoms in total. The molecule has 3 aromatic rings. The van der Waals surface area contributed by atoms with Crippen LogP contribution in [0.2, 0.25) is 0 Å². The van der Waals surface area contributed by atoms with Gasteiger partial charge in [-0.2, -0.15) is 0 Å². The summed E-state index contributed by atoms with van der Waals surface area (Å²) in [6, 6.07) is 18.2. The monoisotopic (exact) mass is 382 g/mol. The van der Waals surface area contributed by atoms with E-state index in [1.807, 2.05) is 43.3 Å². The van der Waals surface area contributed by atoms with Crippen molar-refractivity contribution in [1.29, 1.82) is 0 Å². The predicted molar refractivity (Wildman–Crippen MR) is 108 cm³/mol. The van der Waals surface area contributed by atoms with E-state index in [2.05, 4.69) is 11.4 Å². The summed E-state index contributed by atoms with van der Waals surface area (Å²) in [5, 5.41) is 15.6. The van der Waals surface area contributed by atoms with Crippen molar-refractivity contribution >= 4 is 39.8 Å². The number of ether oxygens (including phenoxy) is 1. The molecule has 27 heavy (non-hydrogen) atoms. The number of nitrogens with one attached hydrogen (secondary N) is 1. The minimum absolute atomic E-state index is 0.0940. The van der Waals surface area contributed by atoms with Crippen LogP contribution >= 0.6 is 11.8 Å². The lowest BCUT2D eigenvalue weighted by molar-refractivity contribution is -0.384. The minimum atomic E-state index is -0.508. The van der Waals surface area contributed by atoms with E-state index in [0.717, 1.165) is 15.7 Å². The fourth-order valence-electron chi connectivity index (χ4n) is 2.63. The fourth-order valence-corrected chi connectivity index (χ4v) is 3.55. The lowest BCUT2D eigenvalue weighted by atomic mass is 10.1. The maximum Gasteiger partial charge on any atom is 0.273 e. The van der Waals surface area contributed by atoms with Gasteiger partial charge in [0, 0.05) is 11.0 Å². The quantitative estimate of drug-likeness (QED) is 0.373. The van der Waals surface area contributed by atoms with Crippen LogP contribution in [-0.4, -0.2) is 23.2 Å². The van der Waals surface area contributed by atoms with Crippen molar-refractivity contribution in [1.82, 2.24) is 0 Å². The Morgan fingerprint density at radius 1 is 1.11 bits per heavy atom. The molecule has 0 saturated carbocycles.